The number of hydrogen-bond acceptors (Lipinski definition) is 3. The second kappa shape index (κ2) is 9.26. The normalized spacial score (nSPS) is 14.3. The van der Waals surface area contributed by atoms with E-state index in [2.05, 4.69) is 29.2 Å². The van der Waals surface area contributed by atoms with Crippen molar-refractivity contribution in [2.24, 2.45) is 0 Å². The fourth-order valence-electron chi connectivity index (χ4n) is 3.47. The molecule has 0 unspecified atom stereocenters. The molecule has 144 valence electrons. The van der Waals surface area contributed by atoms with Gasteiger partial charge in [-0.2, -0.15) is 0 Å². The van der Waals surface area contributed by atoms with Crippen molar-refractivity contribution in [1.82, 2.24) is 4.90 Å². The summed E-state index contributed by atoms with van der Waals surface area (Å²) in [4.78, 5) is 4.32. The van der Waals surface area contributed by atoms with Crippen LogP contribution in [-0.2, 0) is 0 Å². The summed E-state index contributed by atoms with van der Waals surface area (Å²) in [5.74, 6) is 0.633. The smallest absolute Gasteiger partial charge is 0.133 e. The van der Waals surface area contributed by atoms with Crippen molar-refractivity contribution in [3.8, 4) is 16.9 Å². The van der Waals surface area contributed by atoms with E-state index in [4.69, 9.17) is 4.74 Å². The molecule has 1 saturated heterocycles. The Morgan fingerprint density at radius 3 is 2.46 bits per heavy atom. The van der Waals surface area contributed by atoms with E-state index in [1.54, 1.807) is 23.9 Å². The van der Waals surface area contributed by atoms with Gasteiger partial charge < -0.3 is 4.74 Å². The van der Waals surface area contributed by atoms with Gasteiger partial charge in [0.1, 0.15) is 18.2 Å². The van der Waals surface area contributed by atoms with Crippen LogP contribution in [0.3, 0.4) is 0 Å². The number of ether oxygens (including phenoxy) is 1. The standard InChI is InChI=1S/C24H24FNOS/c25-21-9-6-10-22(18-21)28-24-17-20(19-7-2-1-3-8-19)11-12-23(24)27-16-15-26-13-4-5-14-26/h1-3,6-12,17-18H,4-5,13-16H2. The Morgan fingerprint density at radius 1 is 0.857 bits per heavy atom. The lowest BCUT2D eigenvalue weighted by molar-refractivity contribution is 0.234. The highest BCUT2D eigenvalue weighted by atomic mass is 32.2. The van der Waals surface area contributed by atoms with Gasteiger partial charge in [-0.15, -0.1) is 0 Å². The highest BCUT2D eigenvalue weighted by Crippen LogP contribution is 2.38. The van der Waals surface area contributed by atoms with Crippen molar-refractivity contribution in [3.05, 3.63) is 78.6 Å². The molecule has 1 heterocycles. The predicted octanol–water partition coefficient (Wildman–Crippen LogP) is 6.12. The fraction of sp³-hybridized carbons (Fsp3) is 0.250. The second-order valence-corrected chi connectivity index (χ2v) is 8.10. The van der Waals surface area contributed by atoms with Crippen LogP contribution in [-0.4, -0.2) is 31.1 Å². The maximum atomic E-state index is 13.6. The molecule has 0 radical (unpaired) electrons. The summed E-state index contributed by atoms with van der Waals surface area (Å²) in [6.45, 7) is 3.95. The third-order valence-corrected chi connectivity index (χ3v) is 5.97. The van der Waals surface area contributed by atoms with Crippen LogP contribution in [0, 0.1) is 5.82 Å². The average molecular weight is 394 g/mol. The number of nitrogens with zero attached hydrogens (tertiary/aromatic N) is 1. The first-order valence-electron chi connectivity index (χ1n) is 9.76. The van der Waals surface area contributed by atoms with E-state index in [1.807, 2.05) is 30.3 Å². The Labute approximate surface area is 170 Å². The van der Waals surface area contributed by atoms with Crippen molar-refractivity contribution < 1.29 is 9.13 Å². The van der Waals surface area contributed by atoms with Crippen molar-refractivity contribution in [2.75, 3.05) is 26.2 Å². The molecule has 0 saturated carbocycles. The quantitative estimate of drug-likeness (QED) is 0.480. The number of rotatable bonds is 7. The molecule has 0 spiro atoms. The Balaban J connectivity index is 1.56. The van der Waals surface area contributed by atoms with Gasteiger partial charge in [0, 0.05) is 11.4 Å². The Morgan fingerprint density at radius 2 is 1.68 bits per heavy atom. The lowest BCUT2D eigenvalue weighted by Crippen LogP contribution is -2.25. The third kappa shape index (κ3) is 4.94. The monoisotopic (exact) mass is 393 g/mol. The van der Waals surface area contributed by atoms with Crippen LogP contribution in [0.25, 0.3) is 11.1 Å². The van der Waals surface area contributed by atoms with Gasteiger partial charge in [-0.05, 0) is 67.4 Å². The summed E-state index contributed by atoms with van der Waals surface area (Å²) in [6, 6.07) is 23.3. The highest BCUT2D eigenvalue weighted by molar-refractivity contribution is 7.99. The summed E-state index contributed by atoms with van der Waals surface area (Å²) < 4.78 is 19.8. The van der Waals surface area contributed by atoms with Crippen LogP contribution in [0.5, 0.6) is 5.75 Å². The van der Waals surface area contributed by atoms with E-state index in [0.717, 1.165) is 33.2 Å². The van der Waals surface area contributed by atoms with Gasteiger partial charge in [0.05, 0.1) is 4.90 Å². The van der Waals surface area contributed by atoms with E-state index in [-0.39, 0.29) is 5.82 Å². The SMILES string of the molecule is Fc1cccc(Sc2cc(-c3ccccc3)ccc2OCCN2CCCC2)c1. The van der Waals surface area contributed by atoms with Gasteiger partial charge in [-0.1, -0.05) is 54.2 Å². The van der Waals surface area contributed by atoms with E-state index in [0.29, 0.717) is 6.61 Å². The largest absolute Gasteiger partial charge is 0.491 e. The van der Waals surface area contributed by atoms with E-state index < -0.39 is 0 Å². The molecule has 28 heavy (non-hydrogen) atoms. The first-order chi connectivity index (χ1) is 13.8. The summed E-state index contributed by atoms with van der Waals surface area (Å²) in [6.07, 6.45) is 2.57. The molecule has 4 rings (SSSR count). The summed E-state index contributed by atoms with van der Waals surface area (Å²) >= 11 is 1.54. The minimum Gasteiger partial charge on any atom is -0.491 e. The molecule has 1 aliphatic heterocycles. The molecule has 0 atom stereocenters. The predicted molar refractivity (Wildman–Crippen MR) is 114 cm³/mol. The van der Waals surface area contributed by atoms with Crippen molar-refractivity contribution in [3.63, 3.8) is 0 Å². The average Bonchev–Trinajstić information content (AvgIpc) is 3.23. The molecule has 0 N–H and O–H groups in total. The van der Waals surface area contributed by atoms with E-state index in [9.17, 15) is 4.39 Å². The van der Waals surface area contributed by atoms with Crippen LogP contribution >= 0.6 is 11.8 Å². The van der Waals surface area contributed by atoms with E-state index in [1.165, 1.54) is 32.0 Å². The zero-order chi connectivity index (χ0) is 19.2. The Hall–Kier alpha value is -2.30. The molecule has 3 aromatic carbocycles. The summed E-state index contributed by atoms with van der Waals surface area (Å²) in [7, 11) is 0. The van der Waals surface area contributed by atoms with Gasteiger partial charge in [0.2, 0.25) is 0 Å². The van der Waals surface area contributed by atoms with Crippen molar-refractivity contribution >= 4 is 11.8 Å². The second-order valence-electron chi connectivity index (χ2n) is 6.98. The van der Waals surface area contributed by atoms with Crippen LogP contribution in [0.1, 0.15) is 12.8 Å². The number of likely N-dealkylation sites (tertiary alicyclic amines) is 1. The van der Waals surface area contributed by atoms with Gasteiger partial charge >= 0.3 is 0 Å². The van der Waals surface area contributed by atoms with Crippen LogP contribution < -0.4 is 4.74 Å². The van der Waals surface area contributed by atoms with Crippen molar-refractivity contribution in [2.45, 2.75) is 22.6 Å². The number of hydrogen-bond donors (Lipinski definition) is 0. The Bertz CT molecular complexity index is 909. The van der Waals surface area contributed by atoms with Gasteiger partial charge in [-0.25, -0.2) is 4.39 Å². The molecule has 0 bridgehead atoms. The minimum absolute atomic E-state index is 0.222. The molecule has 0 aromatic heterocycles. The molecule has 4 heteroatoms. The first-order valence-corrected chi connectivity index (χ1v) is 10.6. The van der Waals surface area contributed by atoms with Crippen LogP contribution in [0.15, 0.2) is 82.6 Å². The molecule has 1 aliphatic rings. The van der Waals surface area contributed by atoms with Crippen molar-refractivity contribution in [1.29, 1.82) is 0 Å². The third-order valence-electron chi connectivity index (χ3n) is 4.94. The van der Waals surface area contributed by atoms with Crippen LogP contribution in [0.2, 0.25) is 0 Å². The lowest BCUT2D eigenvalue weighted by atomic mass is 10.1. The van der Waals surface area contributed by atoms with E-state index >= 15 is 0 Å². The molecular formula is C24H24FNOS. The zero-order valence-electron chi connectivity index (χ0n) is 15.8. The highest BCUT2D eigenvalue weighted by Gasteiger charge is 2.13. The molecule has 1 fully saturated rings. The molecule has 0 aliphatic carbocycles. The first kappa shape index (κ1) is 19.0. The van der Waals surface area contributed by atoms with Crippen LogP contribution in [0.4, 0.5) is 4.39 Å². The molecular weight excluding hydrogens is 369 g/mol. The van der Waals surface area contributed by atoms with Gasteiger partial charge in [0.15, 0.2) is 0 Å². The maximum absolute atomic E-state index is 13.6. The number of benzene rings is 3. The maximum Gasteiger partial charge on any atom is 0.133 e. The summed E-state index contributed by atoms with van der Waals surface area (Å²) in [5.41, 5.74) is 2.29. The molecule has 0 amide bonds. The molecule has 2 nitrogen and oxygen atoms in total. The molecule has 3 aromatic rings. The zero-order valence-corrected chi connectivity index (χ0v) is 16.6. The van der Waals surface area contributed by atoms with Gasteiger partial charge in [0.25, 0.3) is 0 Å². The fourth-order valence-corrected chi connectivity index (χ4v) is 4.45. The van der Waals surface area contributed by atoms with Gasteiger partial charge in [-0.3, -0.25) is 4.90 Å². The topological polar surface area (TPSA) is 12.5 Å². The number of halogens is 1. The lowest BCUT2D eigenvalue weighted by Gasteiger charge is -2.17. The summed E-state index contributed by atoms with van der Waals surface area (Å²) in [5, 5.41) is 0. The Kier molecular flexibility index (Phi) is 6.30. The minimum atomic E-state index is -0.222.